The molecule has 0 amide bonds. The average molecular weight is 294 g/mol. The molecule has 0 saturated carbocycles. The highest BCUT2D eigenvalue weighted by Gasteiger charge is 2.53. The van der Waals surface area contributed by atoms with E-state index in [4.69, 9.17) is 9.47 Å². The lowest BCUT2D eigenvalue weighted by atomic mass is 10.1. The van der Waals surface area contributed by atoms with E-state index in [-0.39, 0.29) is 19.8 Å². The molecule has 10 heteroatoms. The molecule has 2 aliphatic rings. The summed E-state index contributed by atoms with van der Waals surface area (Å²) in [7, 11) is -3.62. The van der Waals surface area contributed by atoms with E-state index in [1.807, 2.05) is 0 Å². The van der Waals surface area contributed by atoms with Crippen LogP contribution in [0.2, 0.25) is 0 Å². The summed E-state index contributed by atoms with van der Waals surface area (Å²) in [6.45, 7) is 3.37. The molecule has 0 aromatic carbocycles. The summed E-state index contributed by atoms with van der Waals surface area (Å²) in [6.07, 6.45) is -0.971. The first kappa shape index (κ1) is 14.2. The molecule has 1 N–H and O–H groups in total. The zero-order valence-electron chi connectivity index (χ0n) is 9.93. The topological polar surface area (TPSA) is 117 Å². The van der Waals surface area contributed by atoms with Crippen LogP contribution in [0.1, 0.15) is 0 Å². The van der Waals surface area contributed by atoms with Gasteiger partial charge in [0.15, 0.2) is 6.10 Å². The molecular weight excluding hydrogens is 280 g/mol. The Hall–Kier alpha value is -1.23. The monoisotopic (exact) mass is 294 g/mol. The van der Waals surface area contributed by atoms with E-state index in [0.717, 1.165) is 0 Å². The molecule has 0 bridgehead atoms. The van der Waals surface area contributed by atoms with Crippen LogP contribution >= 0.6 is 0 Å². The highest BCUT2D eigenvalue weighted by atomic mass is 32.2. The fourth-order valence-electron chi connectivity index (χ4n) is 2.18. The predicted molar refractivity (Wildman–Crippen MR) is 62.3 cm³/mol. The molecule has 0 aromatic heterocycles. The maximum Gasteiger partial charge on any atom is 0.294 e. The molecule has 2 aliphatic heterocycles. The van der Waals surface area contributed by atoms with Gasteiger partial charge in [0.1, 0.15) is 17.5 Å². The van der Waals surface area contributed by atoms with Gasteiger partial charge in [0.2, 0.25) is 10.0 Å². The molecule has 2 heterocycles. The Balaban J connectivity index is 2.05. The lowest BCUT2D eigenvalue weighted by molar-refractivity contribution is -0.769. The minimum absolute atomic E-state index is 0.0657. The van der Waals surface area contributed by atoms with Crippen molar-refractivity contribution >= 4 is 10.0 Å². The minimum atomic E-state index is -3.62. The zero-order chi connectivity index (χ0) is 14.0. The number of nitrogens with zero attached hydrogens (tertiary/aromatic N) is 1. The van der Waals surface area contributed by atoms with Crippen molar-refractivity contribution < 1.29 is 27.8 Å². The largest absolute Gasteiger partial charge is 0.372 e. The number of hydrogen-bond donors (Lipinski definition) is 1. The highest BCUT2D eigenvalue weighted by Crippen LogP contribution is 2.31. The SMILES string of the molecule is C=CCNS(=O)(=O)[C@@H]1CO[C@H]2[C@@H]1OC[C@H]2O[N+](=O)[O-]. The first-order chi connectivity index (χ1) is 8.95. The van der Waals surface area contributed by atoms with Gasteiger partial charge in [0, 0.05) is 6.54 Å². The van der Waals surface area contributed by atoms with Gasteiger partial charge in [-0.2, -0.15) is 0 Å². The van der Waals surface area contributed by atoms with Crippen LogP contribution in [0.15, 0.2) is 12.7 Å². The normalized spacial score (nSPS) is 33.9. The maximum absolute atomic E-state index is 12.0. The van der Waals surface area contributed by atoms with Crippen molar-refractivity contribution in [2.75, 3.05) is 19.8 Å². The Morgan fingerprint density at radius 2 is 2.11 bits per heavy atom. The number of nitrogens with one attached hydrogen (secondary N) is 1. The highest BCUT2D eigenvalue weighted by molar-refractivity contribution is 7.90. The van der Waals surface area contributed by atoms with Gasteiger partial charge in [-0.25, -0.2) is 13.1 Å². The second-order valence-corrected chi connectivity index (χ2v) is 6.17. The molecule has 0 aliphatic carbocycles. The Labute approximate surface area is 109 Å². The third kappa shape index (κ3) is 2.86. The molecule has 2 saturated heterocycles. The fraction of sp³-hybridized carbons (Fsp3) is 0.778. The van der Waals surface area contributed by atoms with E-state index in [1.54, 1.807) is 0 Å². The smallest absolute Gasteiger partial charge is 0.294 e. The van der Waals surface area contributed by atoms with Crippen LogP contribution in [0.3, 0.4) is 0 Å². The van der Waals surface area contributed by atoms with Gasteiger partial charge in [0.25, 0.3) is 5.09 Å². The lowest BCUT2D eigenvalue weighted by Crippen LogP contribution is -2.43. The molecule has 9 nitrogen and oxygen atoms in total. The Morgan fingerprint density at radius 1 is 1.42 bits per heavy atom. The molecule has 0 aromatic rings. The summed E-state index contributed by atoms with van der Waals surface area (Å²) in [5.41, 5.74) is 0. The summed E-state index contributed by atoms with van der Waals surface area (Å²) >= 11 is 0. The van der Waals surface area contributed by atoms with E-state index in [0.29, 0.717) is 0 Å². The number of sulfonamides is 1. The molecule has 2 fully saturated rings. The Bertz CT molecular complexity index is 465. The van der Waals surface area contributed by atoms with Crippen LogP contribution in [-0.2, 0) is 24.3 Å². The maximum atomic E-state index is 12.0. The molecule has 0 spiro atoms. The van der Waals surface area contributed by atoms with Crippen LogP contribution in [-0.4, -0.2) is 56.8 Å². The van der Waals surface area contributed by atoms with Gasteiger partial charge in [0.05, 0.1) is 13.2 Å². The summed E-state index contributed by atoms with van der Waals surface area (Å²) in [6, 6.07) is 0. The summed E-state index contributed by atoms with van der Waals surface area (Å²) < 4.78 is 36.8. The molecule has 2 rings (SSSR count). The van der Waals surface area contributed by atoms with E-state index >= 15 is 0 Å². The molecule has 0 radical (unpaired) electrons. The molecular formula is C9H14N2O7S. The van der Waals surface area contributed by atoms with Crippen molar-refractivity contribution in [2.24, 2.45) is 0 Å². The van der Waals surface area contributed by atoms with Crippen molar-refractivity contribution in [3.8, 4) is 0 Å². The second kappa shape index (κ2) is 5.41. The van der Waals surface area contributed by atoms with Gasteiger partial charge < -0.3 is 14.3 Å². The number of ether oxygens (including phenoxy) is 2. The average Bonchev–Trinajstić information content (AvgIpc) is 2.89. The minimum Gasteiger partial charge on any atom is -0.372 e. The first-order valence-corrected chi connectivity index (χ1v) is 7.14. The van der Waals surface area contributed by atoms with Crippen molar-refractivity contribution in [3.63, 3.8) is 0 Å². The van der Waals surface area contributed by atoms with E-state index < -0.39 is 38.7 Å². The van der Waals surface area contributed by atoms with Crippen LogP contribution in [0.4, 0.5) is 0 Å². The van der Waals surface area contributed by atoms with Crippen LogP contribution in [0, 0.1) is 10.1 Å². The quantitative estimate of drug-likeness (QED) is 0.373. The van der Waals surface area contributed by atoms with Crippen molar-refractivity contribution in [2.45, 2.75) is 23.6 Å². The summed E-state index contributed by atoms with van der Waals surface area (Å²) in [5.74, 6) is 0. The molecule has 108 valence electrons. The van der Waals surface area contributed by atoms with Crippen LogP contribution in [0.5, 0.6) is 0 Å². The van der Waals surface area contributed by atoms with Gasteiger partial charge in [-0.1, -0.05) is 6.08 Å². The van der Waals surface area contributed by atoms with Crippen LogP contribution < -0.4 is 4.72 Å². The standard InChI is InChI=1S/C9H14N2O7S/c1-2-3-10-19(14,15)7-5-17-8-6(18-11(12)13)4-16-9(7)8/h2,6-10H,1,3-5H2/t6-,7-,8-,9-/m1/s1. The van der Waals surface area contributed by atoms with Gasteiger partial charge in [-0.15, -0.1) is 16.7 Å². The number of rotatable bonds is 6. The molecule has 19 heavy (non-hydrogen) atoms. The lowest BCUT2D eigenvalue weighted by Gasteiger charge is -2.16. The fourth-order valence-corrected chi connectivity index (χ4v) is 3.59. The van der Waals surface area contributed by atoms with Crippen LogP contribution in [0.25, 0.3) is 0 Å². The Morgan fingerprint density at radius 3 is 2.74 bits per heavy atom. The predicted octanol–water partition coefficient (Wildman–Crippen LogP) is -1.17. The molecule has 0 unspecified atom stereocenters. The van der Waals surface area contributed by atoms with E-state index in [1.165, 1.54) is 6.08 Å². The second-order valence-electron chi connectivity index (χ2n) is 4.18. The van der Waals surface area contributed by atoms with Gasteiger partial charge in [-0.05, 0) is 0 Å². The summed E-state index contributed by atoms with van der Waals surface area (Å²) in [5, 5.41) is 8.46. The first-order valence-electron chi connectivity index (χ1n) is 5.59. The summed E-state index contributed by atoms with van der Waals surface area (Å²) in [4.78, 5) is 14.7. The van der Waals surface area contributed by atoms with E-state index in [9.17, 15) is 18.5 Å². The third-order valence-electron chi connectivity index (χ3n) is 3.01. The Kier molecular flexibility index (Phi) is 4.04. The third-order valence-corrected chi connectivity index (χ3v) is 4.78. The number of fused-ring (bicyclic) bond motifs is 1. The van der Waals surface area contributed by atoms with Crippen molar-refractivity contribution in [1.29, 1.82) is 0 Å². The van der Waals surface area contributed by atoms with Crippen molar-refractivity contribution in [3.05, 3.63) is 22.8 Å². The molecule has 4 atom stereocenters. The van der Waals surface area contributed by atoms with Gasteiger partial charge >= 0.3 is 0 Å². The number of hydrogen-bond acceptors (Lipinski definition) is 7. The van der Waals surface area contributed by atoms with E-state index in [2.05, 4.69) is 16.1 Å². The zero-order valence-corrected chi connectivity index (χ0v) is 10.7. The van der Waals surface area contributed by atoms with Gasteiger partial charge in [-0.3, -0.25) is 0 Å². The van der Waals surface area contributed by atoms with Crippen molar-refractivity contribution in [1.82, 2.24) is 4.72 Å².